The Morgan fingerprint density at radius 2 is 0.926 bits per heavy atom. The summed E-state index contributed by atoms with van der Waals surface area (Å²) in [6, 6.07) is 70.2. The fourth-order valence-corrected chi connectivity index (χ4v) is 10.9. The highest BCUT2D eigenvalue weighted by molar-refractivity contribution is 7.25. The van der Waals surface area contributed by atoms with Crippen molar-refractivity contribution in [3.8, 4) is 22.3 Å². The highest BCUT2D eigenvalue weighted by atomic mass is 32.1. The molecule has 0 fully saturated rings. The molecule has 8 aromatic carbocycles. The maximum atomic E-state index is 2.48. The van der Waals surface area contributed by atoms with Crippen LogP contribution in [-0.4, -0.2) is 0 Å². The van der Waals surface area contributed by atoms with Crippen molar-refractivity contribution in [2.45, 2.75) is 24.7 Å². The summed E-state index contributed by atoms with van der Waals surface area (Å²) in [6.45, 7) is 4.77. The van der Waals surface area contributed by atoms with E-state index in [2.05, 4.69) is 207 Å². The number of hydrogen-bond acceptors (Lipinski definition) is 2. The van der Waals surface area contributed by atoms with Gasteiger partial charge in [-0.15, -0.1) is 11.3 Å². The summed E-state index contributed by atoms with van der Waals surface area (Å²) in [4.78, 5) is 2.48. The van der Waals surface area contributed by atoms with Gasteiger partial charge in [0.2, 0.25) is 0 Å². The number of fused-ring (bicyclic) bond motifs is 12. The number of anilines is 3. The summed E-state index contributed by atoms with van der Waals surface area (Å²) >= 11 is 1.86. The first kappa shape index (κ1) is 31.3. The predicted octanol–water partition coefficient (Wildman–Crippen LogP) is 14.2. The van der Waals surface area contributed by atoms with Gasteiger partial charge in [-0.1, -0.05) is 159 Å². The zero-order valence-electron chi connectivity index (χ0n) is 30.3. The first-order valence-corrected chi connectivity index (χ1v) is 19.7. The SMILES string of the molecule is CC1(C)c2ccccc2C2(c3ccccc3-c3cc(N(c4ccc5sc6ccccc6c5c4)c4ccccc4-c4ccccc4)ccc32)c2ccccc21. The van der Waals surface area contributed by atoms with Crippen LogP contribution in [0.2, 0.25) is 0 Å². The van der Waals surface area contributed by atoms with Gasteiger partial charge in [0.15, 0.2) is 0 Å². The Kier molecular flexibility index (Phi) is 6.75. The van der Waals surface area contributed by atoms with E-state index >= 15 is 0 Å². The standard InChI is InChI=1S/C52H37NS/c1-51(2)44-22-10-12-24-46(44)52(47-25-13-11-23-45(47)51)42-21-9-6-19-38(42)40-32-35(28-30-43(40)52)53(48-26-14-7-18-37(48)34-16-4-3-5-17-34)36-29-31-50-41(33-36)39-20-8-15-27-49(39)54-50/h3-33H,1-2H3. The van der Waals surface area contributed by atoms with E-state index in [1.54, 1.807) is 0 Å². The lowest BCUT2D eigenvalue weighted by Gasteiger charge is -2.46. The third-order valence-corrected chi connectivity index (χ3v) is 13.3. The Balaban J connectivity index is 1.20. The van der Waals surface area contributed by atoms with E-state index in [9.17, 15) is 0 Å². The van der Waals surface area contributed by atoms with Crippen molar-refractivity contribution >= 4 is 48.6 Å². The fourth-order valence-electron chi connectivity index (χ4n) is 9.80. The van der Waals surface area contributed by atoms with Crippen LogP contribution in [-0.2, 0) is 10.8 Å². The molecule has 1 nitrogen and oxygen atoms in total. The third-order valence-electron chi connectivity index (χ3n) is 12.1. The lowest BCUT2D eigenvalue weighted by Crippen LogP contribution is -2.40. The first-order valence-electron chi connectivity index (χ1n) is 18.9. The molecule has 0 amide bonds. The van der Waals surface area contributed by atoms with Crippen molar-refractivity contribution in [1.82, 2.24) is 0 Å². The minimum atomic E-state index is -0.422. The molecule has 1 heterocycles. The summed E-state index contributed by atoms with van der Waals surface area (Å²) in [5, 5.41) is 2.59. The Morgan fingerprint density at radius 3 is 1.69 bits per heavy atom. The highest BCUT2D eigenvalue weighted by Crippen LogP contribution is 2.62. The van der Waals surface area contributed by atoms with E-state index in [-0.39, 0.29) is 5.41 Å². The minimum Gasteiger partial charge on any atom is -0.310 e. The quantitative estimate of drug-likeness (QED) is 0.176. The maximum Gasteiger partial charge on any atom is 0.0719 e. The van der Waals surface area contributed by atoms with Crippen molar-refractivity contribution in [1.29, 1.82) is 0 Å². The summed E-state index contributed by atoms with van der Waals surface area (Å²) in [5.74, 6) is 0. The Morgan fingerprint density at radius 1 is 0.389 bits per heavy atom. The van der Waals surface area contributed by atoms with Crippen LogP contribution in [0.4, 0.5) is 17.1 Å². The van der Waals surface area contributed by atoms with Crippen LogP contribution in [0.3, 0.4) is 0 Å². The molecule has 2 aliphatic carbocycles. The van der Waals surface area contributed by atoms with Gasteiger partial charge in [0.05, 0.1) is 11.1 Å². The minimum absolute atomic E-state index is 0.126. The topological polar surface area (TPSA) is 3.24 Å². The van der Waals surface area contributed by atoms with Crippen LogP contribution in [0.5, 0.6) is 0 Å². The summed E-state index contributed by atoms with van der Waals surface area (Å²) in [7, 11) is 0. The molecule has 0 atom stereocenters. The lowest BCUT2D eigenvalue weighted by molar-refractivity contribution is 0.563. The number of nitrogens with zero attached hydrogens (tertiary/aromatic N) is 1. The largest absolute Gasteiger partial charge is 0.310 e. The second kappa shape index (κ2) is 11.6. The van der Waals surface area contributed by atoms with Gasteiger partial charge in [0.25, 0.3) is 0 Å². The van der Waals surface area contributed by atoms with Crippen LogP contribution in [0.15, 0.2) is 188 Å². The normalized spacial score (nSPS) is 14.4. The van der Waals surface area contributed by atoms with Crippen LogP contribution >= 0.6 is 11.3 Å². The molecule has 1 spiro atoms. The molecule has 1 aromatic heterocycles. The predicted molar refractivity (Wildman–Crippen MR) is 229 cm³/mol. The van der Waals surface area contributed by atoms with Gasteiger partial charge in [-0.2, -0.15) is 0 Å². The number of thiophene rings is 1. The average Bonchev–Trinajstić information content (AvgIpc) is 3.74. The van der Waals surface area contributed by atoms with Gasteiger partial charge in [-0.3, -0.25) is 0 Å². The van der Waals surface area contributed by atoms with E-state index in [1.807, 2.05) is 11.3 Å². The van der Waals surface area contributed by atoms with Crippen molar-refractivity contribution < 1.29 is 0 Å². The number of hydrogen-bond donors (Lipinski definition) is 0. The van der Waals surface area contributed by atoms with Gasteiger partial charge in [0, 0.05) is 42.5 Å². The second-order valence-electron chi connectivity index (χ2n) is 15.2. The van der Waals surface area contributed by atoms with E-state index in [4.69, 9.17) is 0 Å². The molecular weight excluding hydrogens is 671 g/mol. The molecular formula is C52H37NS. The van der Waals surface area contributed by atoms with Crippen LogP contribution in [0.1, 0.15) is 47.2 Å². The molecule has 0 N–H and O–H groups in total. The zero-order chi connectivity index (χ0) is 36.0. The molecule has 256 valence electrons. The molecule has 0 bridgehead atoms. The summed E-state index contributed by atoms with van der Waals surface area (Å²) in [6.07, 6.45) is 0. The molecule has 54 heavy (non-hydrogen) atoms. The molecule has 2 heteroatoms. The van der Waals surface area contributed by atoms with Crippen molar-refractivity contribution in [2.24, 2.45) is 0 Å². The Bertz CT molecular complexity index is 2880. The Labute approximate surface area is 320 Å². The number of para-hydroxylation sites is 1. The van der Waals surface area contributed by atoms with E-state index in [0.29, 0.717) is 0 Å². The highest BCUT2D eigenvalue weighted by Gasteiger charge is 2.53. The maximum absolute atomic E-state index is 2.48. The van der Waals surface area contributed by atoms with E-state index in [0.717, 1.165) is 17.1 Å². The number of rotatable bonds is 4. The molecule has 0 radical (unpaired) electrons. The van der Waals surface area contributed by atoms with Crippen LogP contribution < -0.4 is 4.90 Å². The van der Waals surface area contributed by atoms with Crippen molar-refractivity contribution in [2.75, 3.05) is 4.90 Å². The van der Waals surface area contributed by atoms with Gasteiger partial charge in [0.1, 0.15) is 0 Å². The zero-order valence-corrected chi connectivity index (χ0v) is 31.1. The van der Waals surface area contributed by atoms with Gasteiger partial charge in [-0.25, -0.2) is 0 Å². The Hall–Kier alpha value is -6.22. The molecule has 0 aliphatic heterocycles. The van der Waals surface area contributed by atoms with E-state index in [1.165, 1.54) is 75.8 Å². The molecule has 0 saturated carbocycles. The third kappa shape index (κ3) is 4.26. The van der Waals surface area contributed by atoms with Crippen molar-refractivity contribution in [3.05, 3.63) is 221 Å². The van der Waals surface area contributed by atoms with Gasteiger partial charge >= 0.3 is 0 Å². The van der Waals surface area contributed by atoms with Gasteiger partial charge in [-0.05, 0) is 92.5 Å². The average molecular weight is 708 g/mol. The smallest absolute Gasteiger partial charge is 0.0719 e. The summed E-state index contributed by atoms with van der Waals surface area (Å²) in [5.41, 5.74) is 16.1. The lowest BCUT2D eigenvalue weighted by atomic mass is 9.55. The van der Waals surface area contributed by atoms with Crippen LogP contribution in [0.25, 0.3) is 42.4 Å². The second-order valence-corrected chi connectivity index (χ2v) is 16.3. The monoisotopic (exact) mass is 707 g/mol. The first-order chi connectivity index (χ1) is 26.5. The van der Waals surface area contributed by atoms with Crippen molar-refractivity contribution in [3.63, 3.8) is 0 Å². The fraction of sp³-hybridized carbons (Fsp3) is 0.0769. The summed E-state index contributed by atoms with van der Waals surface area (Å²) < 4.78 is 2.62. The molecule has 0 saturated heterocycles. The van der Waals surface area contributed by atoms with Crippen LogP contribution in [0, 0.1) is 0 Å². The molecule has 0 unspecified atom stereocenters. The molecule has 2 aliphatic rings. The van der Waals surface area contributed by atoms with Gasteiger partial charge < -0.3 is 4.90 Å². The molecule has 11 rings (SSSR count). The number of benzene rings is 8. The van der Waals surface area contributed by atoms with E-state index < -0.39 is 5.41 Å². The molecule has 9 aromatic rings.